The summed E-state index contributed by atoms with van der Waals surface area (Å²) in [7, 11) is 3.08. The van der Waals surface area contributed by atoms with Crippen LogP contribution in [0.25, 0.3) is 11.6 Å². The molecule has 0 saturated carbocycles. The van der Waals surface area contributed by atoms with E-state index in [0.717, 1.165) is 5.56 Å². The highest BCUT2D eigenvalue weighted by atomic mass is 16.5. The van der Waals surface area contributed by atoms with E-state index in [1.165, 1.54) is 14.0 Å². The summed E-state index contributed by atoms with van der Waals surface area (Å²) in [6.45, 7) is 1.39. The molecule has 0 spiro atoms. The monoisotopic (exact) mass is 442 g/mol. The maximum atomic E-state index is 12.4. The number of amides is 1. The first-order chi connectivity index (χ1) is 15.9. The number of nitriles is 1. The Kier molecular flexibility index (Phi) is 7.45. The Morgan fingerprint density at radius 1 is 0.909 bits per heavy atom. The zero-order valence-electron chi connectivity index (χ0n) is 18.4. The standard InChI is InChI=1S/C26H22N2O5/c1-17(29)28-22-6-4-5-20(14-22)26(30)33-23-10-7-18(8-11-23)13-21(16-27)19-9-12-24(31-2)25(15-19)32-3/h4-15H,1-3H3,(H,28,29)/b21-13-. The van der Waals surface area contributed by atoms with Gasteiger partial charge in [0.25, 0.3) is 0 Å². The van der Waals surface area contributed by atoms with Gasteiger partial charge in [-0.15, -0.1) is 0 Å². The van der Waals surface area contributed by atoms with E-state index in [1.54, 1.807) is 79.9 Å². The third kappa shape index (κ3) is 5.99. The van der Waals surface area contributed by atoms with Crippen LogP contribution in [0.1, 0.15) is 28.4 Å². The number of allylic oxidation sites excluding steroid dienone is 1. The van der Waals surface area contributed by atoms with Gasteiger partial charge in [-0.1, -0.05) is 18.2 Å². The maximum absolute atomic E-state index is 12.4. The fourth-order valence-corrected chi connectivity index (χ4v) is 3.08. The first-order valence-electron chi connectivity index (χ1n) is 9.97. The van der Waals surface area contributed by atoms with E-state index in [-0.39, 0.29) is 5.91 Å². The van der Waals surface area contributed by atoms with E-state index in [1.807, 2.05) is 0 Å². The normalized spacial score (nSPS) is 10.7. The van der Waals surface area contributed by atoms with Crippen molar-refractivity contribution in [1.29, 1.82) is 5.26 Å². The summed E-state index contributed by atoms with van der Waals surface area (Å²) in [6, 6.07) is 20.7. The number of carbonyl (C=O) groups excluding carboxylic acids is 2. The van der Waals surface area contributed by atoms with Gasteiger partial charge in [-0.25, -0.2) is 4.79 Å². The summed E-state index contributed by atoms with van der Waals surface area (Å²) in [5, 5.41) is 12.2. The van der Waals surface area contributed by atoms with Crippen molar-refractivity contribution < 1.29 is 23.8 Å². The van der Waals surface area contributed by atoms with Gasteiger partial charge in [0.1, 0.15) is 5.75 Å². The Morgan fingerprint density at radius 3 is 2.27 bits per heavy atom. The average molecular weight is 442 g/mol. The molecule has 0 aliphatic carbocycles. The van der Waals surface area contributed by atoms with E-state index < -0.39 is 5.97 Å². The van der Waals surface area contributed by atoms with Crippen molar-refractivity contribution in [2.45, 2.75) is 6.92 Å². The van der Waals surface area contributed by atoms with Crippen molar-refractivity contribution >= 4 is 29.2 Å². The van der Waals surface area contributed by atoms with E-state index in [0.29, 0.717) is 39.6 Å². The minimum atomic E-state index is -0.548. The van der Waals surface area contributed by atoms with Gasteiger partial charge in [0.05, 0.1) is 31.4 Å². The molecule has 1 amide bonds. The largest absolute Gasteiger partial charge is 0.493 e. The second kappa shape index (κ2) is 10.6. The van der Waals surface area contributed by atoms with Gasteiger partial charge in [-0.2, -0.15) is 5.26 Å². The van der Waals surface area contributed by atoms with Crippen LogP contribution in [-0.4, -0.2) is 26.1 Å². The number of nitrogens with zero attached hydrogens (tertiary/aromatic N) is 1. The SMILES string of the molecule is COc1ccc(/C(C#N)=C\c2ccc(OC(=O)c3cccc(NC(C)=O)c3)cc2)cc1OC. The van der Waals surface area contributed by atoms with Gasteiger partial charge in [-0.3, -0.25) is 4.79 Å². The minimum Gasteiger partial charge on any atom is -0.493 e. The van der Waals surface area contributed by atoms with Crippen molar-refractivity contribution in [3.63, 3.8) is 0 Å². The number of carbonyl (C=O) groups is 2. The Balaban J connectivity index is 1.75. The summed E-state index contributed by atoms with van der Waals surface area (Å²) in [5.41, 5.74) is 2.70. The van der Waals surface area contributed by atoms with Crippen LogP contribution in [0.5, 0.6) is 17.2 Å². The highest BCUT2D eigenvalue weighted by Gasteiger charge is 2.11. The molecule has 0 saturated heterocycles. The zero-order chi connectivity index (χ0) is 23.8. The van der Waals surface area contributed by atoms with Crippen molar-refractivity contribution in [1.82, 2.24) is 0 Å². The Hall–Kier alpha value is -4.57. The molecule has 3 rings (SSSR count). The second-order valence-electron chi connectivity index (χ2n) is 6.96. The van der Waals surface area contributed by atoms with Gasteiger partial charge in [-0.05, 0) is 65.7 Å². The molecule has 0 radical (unpaired) electrons. The van der Waals surface area contributed by atoms with Gasteiger partial charge < -0.3 is 19.5 Å². The highest BCUT2D eigenvalue weighted by Crippen LogP contribution is 2.31. The van der Waals surface area contributed by atoms with Crippen LogP contribution in [0, 0.1) is 11.3 Å². The van der Waals surface area contributed by atoms with Crippen molar-refractivity contribution in [3.8, 4) is 23.3 Å². The fraction of sp³-hybridized carbons (Fsp3) is 0.115. The van der Waals surface area contributed by atoms with Crippen LogP contribution >= 0.6 is 0 Å². The van der Waals surface area contributed by atoms with Gasteiger partial charge >= 0.3 is 5.97 Å². The Labute approximate surface area is 191 Å². The van der Waals surface area contributed by atoms with E-state index in [4.69, 9.17) is 14.2 Å². The number of rotatable bonds is 7. The van der Waals surface area contributed by atoms with Crippen LogP contribution in [0.3, 0.4) is 0 Å². The summed E-state index contributed by atoms with van der Waals surface area (Å²) < 4.78 is 16.0. The zero-order valence-corrected chi connectivity index (χ0v) is 18.4. The fourth-order valence-electron chi connectivity index (χ4n) is 3.08. The number of benzene rings is 3. The first kappa shape index (κ1) is 23.1. The molecule has 0 bridgehead atoms. The van der Waals surface area contributed by atoms with Crippen LogP contribution in [0.15, 0.2) is 66.7 Å². The summed E-state index contributed by atoms with van der Waals surface area (Å²) in [6.07, 6.45) is 1.73. The number of ether oxygens (including phenoxy) is 3. The minimum absolute atomic E-state index is 0.228. The molecule has 3 aromatic carbocycles. The molecule has 7 heteroatoms. The molecule has 1 N–H and O–H groups in total. The second-order valence-corrected chi connectivity index (χ2v) is 6.96. The molecular weight excluding hydrogens is 420 g/mol. The number of hydrogen-bond donors (Lipinski definition) is 1. The predicted molar refractivity (Wildman–Crippen MR) is 125 cm³/mol. The summed E-state index contributed by atoms with van der Waals surface area (Å²) >= 11 is 0. The average Bonchev–Trinajstić information content (AvgIpc) is 2.82. The van der Waals surface area contributed by atoms with Gasteiger partial charge in [0.2, 0.25) is 5.91 Å². The molecule has 0 aromatic heterocycles. The Bertz CT molecular complexity index is 1240. The number of methoxy groups -OCH3 is 2. The Morgan fingerprint density at radius 2 is 1.64 bits per heavy atom. The topological polar surface area (TPSA) is 97.6 Å². The number of esters is 1. The molecule has 0 aliphatic heterocycles. The van der Waals surface area contributed by atoms with Crippen molar-refractivity contribution in [3.05, 3.63) is 83.4 Å². The molecule has 0 aliphatic rings. The summed E-state index contributed by atoms with van der Waals surface area (Å²) in [4.78, 5) is 23.6. The van der Waals surface area contributed by atoms with Crippen molar-refractivity contribution in [2.24, 2.45) is 0 Å². The smallest absolute Gasteiger partial charge is 0.343 e. The summed E-state index contributed by atoms with van der Waals surface area (Å²) in [5.74, 6) is 0.683. The quantitative estimate of drug-likeness (QED) is 0.241. The highest BCUT2D eigenvalue weighted by molar-refractivity contribution is 5.95. The van der Waals surface area contributed by atoms with E-state index in [9.17, 15) is 14.9 Å². The maximum Gasteiger partial charge on any atom is 0.343 e. The van der Waals surface area contributed by atoms with Gasteiger partial charge in [0, 0.05) is 12.6 Å². The lowest BCUT2D eigenvalue weighted by Gasteiger charge is -2.09. The van der Waals surface area contributed by atoms with Crippen LogP contribution < -0.4 is 19.5 Å². The predicted octanol–water partition coefficient (Wildman–Crippen LogP) is 4.95. The number of nitrogens with one attached hydrogen (secondary N) is 1. The molecular formula is C26H22N2O5. The van der Waals surface area contributed by atoms with Gasteiger partial charge in [0.15, 0.2) is 11.5 Å². The van der Waals surface area contributed by atoms with Crippen LogP contribution in [-0.2, 0) is 4.79 Å². The lowest BCUT2D eigenvalue weighted by molar-refractivity contribution is -0.114. The van der Waals surface area contributed by atoms with E-state index >= 15 is 0 Å². The number of anilines is 1. The molecule has 7 nitrogen and oxygen atoms in total. The lowest BCUT2D eigenvalue weighted by Crippen LogP contribution is -2.10. The van der Waals surface area contributed by atoms with Crippen molar-refractivity contribution in [2.75, 3.05) is 19.5 Å². The molecule has 33 heavy (non-hydrogen) atoms. The third-order valence-electron chi connectivity index (χ3n) is 4.64. The molecule has 0 heterocycles. The van der Waals surface area contributed by atoms with E-state index in [2.05, 4.69) is 11.4 Å². The molecule has 0 atom stereocenters. The van der Waals surface area contributed by atoms with Crippen LogP contribution in [0.2, 0.25) is 0 Å². The molecule has 3 aromatic rings. The van der Waals surface area contributed by atoms with Crippen LogP contribution in [0.4, 0.5) is 5.69 Å². The lowest BCUT2D eigenvalue weighted by atomic mass is 10.0. The molecule has 0 unspecified atom stereocenters. The first-order valence-corrected chi connectivity index (χ1v) is 9.97. The molecule has 166 valence electrons. The third-order valence-corrected chi connectivity index (χ3v) is 4.64. The number of hydrogen-bond acceptors (Lipinski definition) is 6. The molecule has 0 fully saturated rings.